The molecule has 0 radical (unpaired) electrons. The zero-order chi connectivity index (χ0) is 10.7. The van der Waals surface area contributed by atoms with E-state index in [1.807, 2.05) is 24.3 Å². The molecule has 0 saturated heterocycles. The molecule has 4 nitrogen and oxygen atoms in total. The minimum atomic E-state index is 0.231. The molecule has 2 rings (SSSR count). The molecule has 0 bridgehead atoms. The van der Waals surface area contributed by atoms with Gasteiger partial charge >= 0.3 is 0 Å². The molecule has 5 heteroatoms. The van der Waals surface area contributed by atoms with Crippen molar-refractivity contribution in [3.63, 3.8) is 0 Å². The van der Waals surface area contributed by atoms with E-state index in [-0.39, 0.29) is 5.95 Å². The molecule has 1 aromatic carbocycles. The molecule has 2 aromatic rings. The van der Waals surface area contributed by atoms with Crippen molar-refractivity contribution in [1.82, 2.24) is 9.97 Å². The van der Waals surface area contributed by atoms with Crippen LogP contribution < -0.4 is 10.5 Å². The molecule has 0 aliphatic rings. The monoisotopic (exact) mass is 265 g/mol. The van der Waals surface area contributed by atoms with Crippen LogP contribution in [0.1, 0.15) is 0 Å². The normalized spacial score (nSPS) is 9.93. The van der Waals surface area contributed by atoms with E-state index in [2.05, 4.69) is 25.9 Å². The molecule has 2 N–H and O–H groups in total. The van der Waals surface area contributed by atoms with Gasteiger partial charge < -0.3 is 10.5 Å². The minimum absolute atomic E-state index is 0.231. The largest absolute Gasteiger partial charge is 0.453 e. The Balaban J connectivity index is 2.22. The molecule has 15 heavy (non-hydrogen) atoms. The Morgan fingerprint density at radius 2 is 1.80 bits per heavy atom. The van der Waals surface area contributed by atoms with Crippen molar-refractivity contribution in [2.45, 2.75) is 0 Å². The second-order valence-electron chi connectivity index (χ2n) is 2.81. The molecule has 0 atom stereocenters. The number of nitrogens with zero attached hydrogens (tertiary/aromatic N) is 2. The van der Waals surface area contributed by atoms with E-state index >= 15 is 0 Å². The van der Waals surface area contributed by atoms with E-state index < -0.39 is 0 Å². The third-order valence-electron chi connectivity index (χ3n) is 1.71. The van der Waals surface area contributed by atoms with Gasteiger partial charge in [-0.25, -0.2) is 9.97 Å². The molecule has 1 aromatic heterocycles. The minimum Gasteiger partial charge on any atom is -0.453 e. The highest BCUT2D eigenvalue weighted by atomic mass is 79.9. The van der Waals surface area contributed by atoms with Crippen LogP contribution in [0.2, 0.25) is 0 Å². The molecule has 76 valence electrons. The Labute approximate surface area is 95.2 Å². The summed E-state index contributed by atoms with van der Waals surface area (Å²) in [5, 5.41) is 0. The first-order valence-corrected chi connectivity index (χ1v) is 5.05. The molecule has 0 spiro atoms. The third-order valence-corrected chi connectivity index (χ3v) is 2.37. The number of nitrogens with two attached hydrogens (primary N) is 1. The van der Waals surface area contributed by atoms with Crippen LogP contribution in [-0.4, -0.2) is 9.97 Å². The lowest BCUT2D eigenvalue weighted by Gasteiger charge is -2.06. The maximum absolute atomic E-state index is 5.54. The van der Waals surface area contributed by atoms with Crippen LogP contribution in [0.4, 0.5) is 5.95 Å². The average Bonchev–Trinajstić information content (AvgIpc) is 2.25. The van der Waals surface area contributed by atoms with Crippen LogP contribution in [0.3, 0.4) is 0 Å². The SMILES string of the molecule is Nc1ncc(Oc2ccccc2Br)cn1. The van der Waals surface area contributed by atoms with Crippen LogP contribution >= 0.6 is 15.9 Å². The number of aromatic nitrogens is 2. The van der Waals surface area contributed by atoms with Crippen molar-refractivity contribution in [2.75, 3.05) is 5.73 Å². The molecule has 1 heterocycles. The number of nitrogen functional groups attached to an aromatic ring is 1. The van der Waals surface area contributed by atoms with Crippen LogP contribution in [0, 0.1) is 0 Å². The summed E-state index contributed by atoms with van der Waals surface area (Å²) in [6, 6.07) is 7.54. The van der Waals surface area contributed by atoms with E-state index in [0.717, 1.165) is 4.47 Å². The zero-order valence-electron chi connectivity index (χ0n) is 7.72. The van der Waals surface area contributed by atoms with E-state index in [4.69, 9.17) is 10.5 Å². The summed E-state index contributed by atoms with van der Waals surface area (Å²) < 4.78 is 6.41. The van der Waals surface area contributed by atoms with Crippen molar-refractivity contribution in [1.29, 1.82) is 0 Å². The third kappa shape index (κ3) is 2.44. The van der Waals surface area contributed by atoms with Crippen LogP contribution in [0.15, 0.2) is 41.1 Å². The van der Waals surface area contributed by atoms with Gasteiger partial charge in [0.25, 0.3) is 0 Å². The number of hydrogen-bond donors (Lipinski definition) is 1. The molecule has 0 amide bonds. The predicted octanol–water partition coefficient (Wildman–Crippen LogP) is 2.61. The van der Waals surface area contributed by atoms with Crippen LogP contribution in [0.5, 0.6) is 11.5 Å². The second-order valence-corrected chi connectivity index (χ2v) is 3.66. The standard InChI is InChI=1S/C10H8BrN3O/c11-8-3-1-2-4-9(8)15-7-5-13-10(12)14-6-7/h1-6H,(H2,12,13,14). The van der Waals surface area contributed by atoms with Gasteiger partial charge in [0.2, 0.25) is 5.95 Å². The lowest BCUT2D eigenvalue weighted by Crippen LogP contribution is -1.94. The molecule has 0 aliphatic carbocycles. The number of rotatable bonds is 2. The van der Waals surface area contributed by atoms with Crippen molar-refractivity contribution in [3.05, 3.63) is 41.1 Å². The van der Waals surface area contributed by atoms with Crippen molar-refractivity contribution >= 4 is 21.9 Å². The Kier molecular flexibility index (Phi) is 2.82. The lowest BCUT2D eigenvalue weighted by atomic mass is 10.3. The summed E-state index contributed by atoms with van der Waals surface area (Å²) in [5.74, 6) is 1.50. The first-order valence-electron chi connectivity index (χ1n) is 4.25. The van der Waals surface area contributed by atoms with Gasteiger partial charge in [0.05, 0.1) is 16.9 Å². The van der Waals surface area contributed by atoms with Gasteiger partial charge in [0.1, 0.15) is 5.75 Å². The van der Waals surface area contributed by atoms with Gasteiger partial charge in [0.15, 0.2) is 5.75 Å². The average molecular weight is 266 g/mol. The molecule has 0 saturated carbocycles. The molecule has 0 unspecified atom stereocenters. The smallest absolute Gasteiger partial charge is 0.220 e. The fourth-order valence-corrected chi connectivity index (χ4v) is 1.40. The van der Waals surface area contributed by atoms with Gasteiger partial charge in [-0.2, -0.15) is 0 Å². The summed E-state index contributed by atoms with van der Waals surface area (Å²) in [7, 11) is 0. The topological polar surface area (TPSA) is 61.0 Å². The summed E-state index contributed by atoms with van der Waals surface area (Å²) in [6.45, 7) is 0. The number of hydrogen-bond acceptors (Lipinski definition) is 4. The maximum Gasteiger partial charge on any atom is 0.220 e. The number of benzene rings is 1. The summed E-state index contributed by atoms with van der Waals surface area (Å²) in [5.41, 5.74) is 5.36. The fourth-order valence-electron chi connectivity index (χ4n) is 1.03. The van der Waals surface area contributed by atoms with E-state index in [9.17, 15) is 0 Å². The summed E-state index contributed by atoms with van der Waals surface area (Å²) >= 11 is 3.38. The second kappa shape index (κ2) is 4.27. The lowest BCUT2D eigenvalue weighted by molar-refractivity contribution is 0.475. The first kappa shape index (κ1) is 9.92. The van der Waals surface area contributed by atoms with Crippen LogP contribution in [0.25, 0.3) is 0 Å². The Hall–Kier alpha value is -1.62. The van der Waals surface area contributed by atoms with E-state index in [0.29, 0.717) is 11.5 Å². The fraction of sp³-hybridized carbons (Fsp3) is 0. The van der Waals surface area contributed by atoms with Crippen molar-refractivity contribution in [2.24, 2.45) is 0 Å². The highest BCUT2D eigenvalue weighted by molar-refractivity contribution is 9.10. The first-order chi connectivity index (χ1) is 7.25. The molecule has 0 aliphatic heterocycles. The van der Waals surface area contributed by atoms with E-state index in [1.54, 1.807) is 0 Å². The molecular weight excluding hydrogens is 258 g/mol. The summed E-state index contributed by atoms with van der Waals surface area (Å²) in [4.78, 5) is 7.66. The number of halogens is 1. The Bertz CT molecular complexity index is 458. The zero-order valence-corrected chi connectivity index (χ0v) is 9.31. The summed E-state index contributed by atoms with van der Waals surface area (Å²) in [6.07, 6.45) is 3.06. The predicted molar refractivity (Wildman–Crippen MR) is 60.7 cm³/mol. The quantitative estimate of drug-likeness (QED) is 0.907. The van der Waals surface area contributed by atoms with Gasteiger partial charge in [-0.1, -0.05) is 12.1 Å². The Morgan fingerprint density at radius 1 is 1.13 bits per heavy atom. The highest BCUT2D eigenvalue weighted by Crippen LogP contribution is 2.28. The number of para-hydroxylation sites is 1. The van der Waals surface area contributed by atoms with Gasteiger partial charge in [-0.15, -0.1) is 0 Å². The molecular formula is C10H8BrN3O. The molecule has 0 fully saturated rings. The number of anilines is 1. The maximum atomic E-state index is 5.54. The van der Waals surface area contributed by atoms with E-state index in [1.165, 1.54) is 12.4 Å². The van der Waals surface area contributed by atoms with Crippen LogP contribution in [-0.2, 0) is 0 Å². The number of ether oxygens (including phenoxy) is 1. The van der Waals surface area contributed by atoms with Gasteiger partial charge in [0, 0.05) is 0 Å². The van der Waals surface area contributed by atoms with Crippen molar-refractivity contribution in [3.8, 4) is 11.5 Å². The van der Waals surface area contributed by atoms with Gasteiger partial charge in [-0.05, 0) is 28.1 Å². The van der Waals surface area contributed by atoms with Crippen molar-refractivity contribution < 1.29 is 4.74 Å². The highest BCUT2D eigenvalue weighted by Gasteiger charge is 2.01. The van der Waals surface area contributed by atoms with Gasteiger partial charge in [-0.3, -0.25) is 0 Å². The Morgan fingerprint density at radius 3 is 2.47 bits per heavy atom.